The van der Waals surface area contributed by atoms with Crippen molar-refractivity contribution in [3.05, 3.63) is 53.7 Å². The molecule has 162 valence electrons. The number of nitrogens with one attached hydrogen (secondary N) is 1. The minimum Gasteiger partial charge on any atom is -0.497 e. The third-order valence-corrected chi connectivity index (χ3v) is 4.92. The first kappa shape index (κ1) is 21.7. The summed E-state index contributed by atoms with van der Waals surface area (Å²) in [5.74, 6) is 1.99. The lowest BCUT2D eigenvalue weighted by Gasteiger charge is -2.22. The zero-order chi connectivity index (χ0) is 21.6. The van der Waals surface area contributed by atoms with Crippen LogP contribution in [-0.4, -0.2) is 55.9 Å². The Kier molecular flexibility index (Phi) is 7.02. The minimum atomic E-state index is -4.38. The summed E-state index contributed by atoms with van der Waals surface area (Å²) in [4.78, 5) is 10.5. The van der Waals surface area contributed by atoms with Crippen LogP contribution in [0.15, 0.2) is 47.6 Å². The van der Waals surface area contributed by atoms with E-state index in [1.165, 1.54) is 17.8 Å². The van der Waals surface area contributed by atoms with Gasteiger partial charge in [-0.1, -0.05) is 18.2 Å². The SMILES string of the molecule is CN=C(NCc1ccc(OCC(F)(F)F)nc1)N1CCC(c2ccc(OC)cc2)C1. The first-order valence-corrected chi connectivity index (χ1v) is 9.62. The summed E-state index contributed by atoms with van der Waals surface area (Å²) in [6.45, 7) is 0.852. The lowest BCUT2D eigenvalue weighted by molar-refractivity contribution is -0.154. The van der Waals surface area contributed by atoms with Gasteiger partial charge in [-0.15, -0.1) is 0 Å². The van der Waals surface area contributed by atoms with Crippen LogP contribution in [0.1, 0.15) is 23.5 Å². The average molecular weight is 422 g/mol. The summed E-state index contributed by atoms with van der Waals surface area (Å²) >= 11 is 0. The van der Waals surface area contributed by atoms with Crippen molar-refractivity contribution in [2.75, 3.05) is 33.9 Å². The Labute approximate surface area is 173 Å². The van der Waals surface area contributed by atoms with Gasteiger partial charge in [-0.2, -0.15) is 13.2 Å². The molecule has 2 heterocycles. The Hall–Kier alpha value is -2.97. The van der Waals surface area contributed by atoms with Crippen LogP contribution in [-0.2, 0) is 6.54 Å². The van der Waals surface area contributed by atoms with Gasteiger partial charge in [-0.3, -0.25) is 4.99 Å². The number of guanidine groups is 1. The maximum absolute atomic E-state index is 12.2. The predicted molar refractivity (Wildman–Crippen MR) is 108 cm³/mol. The molecule has 0 aliphatic carbocycles. The van der Waals surface area contributed by atoms with E-state index in [-0.39, 0.29) is 5.88 Å². The van der Waals surface area contributed by atoms with E-state index in [1.807, 2.05) is 12.1 Å². The maximum atomic E-state index is 12.2. The Morgan fingerprint density at radius 3 is 2.60 bits per heavy atom. The molecule has 1 saturated heterocycles. The lowest BCUT2D eigenvalue weighted by Crippen LogP contribution is -2.39. The molecule has 1 aromatic carbocycles. The van der Waals surface area contributed by atoms with Crippen LogP contribution in [0, 0.1) is 0 Å². The Morgan fingerprint density at radius 2 is 2.00 bits per heavy atom. The summed E-state index contributed by atoms with van der Waals surface area (Å²) in [6, 6.07) is 11.2. The molecule has 1 aliphatic heterocycles. The molecular formula is C21H25F3N4O2. The summed E-state index contributed by atoms with van der Waals surface area (Å²) in [5.41, 5.74) is 2.09. The number of nitrogens with zero attached hydrogens (tertiary/aromatic N) is 3. The second-order valence-electron chi connectivity index (χ2n) is 7.01. The van der Waals surface area contributed by atoms with Gasteiger partial charge < -0.3 is 19.7 Å². The van der Waals surface area contributed by atoms with Gasteiger partial charge in [0.15, 0.2) is 12.6 Å². The van der Waals surface area contributed by atoms with Crippen LogP contribution in [0.4, 0.5) is 13.2 Å². The normalized spacial score (nSPS) is 17.2. The number of pyridine rings is 1. The number of likely N-dealkylation sites (tertiary alicyclic amines) is 1. The van der Waals surface area contributed by atoms with E-state index in [2.05, 4.69) is 37.1 Å². The van der Waals surface area contributed by atoms with Crippen LogP contribution in [0.25, 0.3) is 0 Å². The molecule has 0 spiro atoms. The van der Waals surface area contributed by atoms with Crippen LogP contribution in [0.5, 0.6) is 11.6 Å². The number of methoxy groups -OCH3 is 1. The molecule has 1 atom stereocenters. The molecule has 0 amide bonds. The van der Waals surface area contributed by atoms with Gasteiger partial charge >= 0.3 is 6.18 Å². The van der Waals surface area contributed by atoms with Crippen molar-refractivity contribution in [3.63, 3.8) is 0 Å². The number of rotatable bonds is 6. The number of aliphatic imine (C=N–C) groups is 1. The standard InChI is InChI=1S/C21H25F3N4O2/c1-25-20(27-12-15-3-8-19(26-11-15)30-14-21(22,23)24)28-10-9-17(13-28)16-4-6-18(29-2)7-5-16/h3-8,11,17H,9-10,12-14H2,1-2H3,(H,25,27). The first-order valence-electron chi connectivity index (χ1n) is 9.62. The molecule has 6 nitrogen and oxygen atoms in total. The van der Waals surface area contributed by atoms with Crippen molar-refractivity contribution in [3.8, 4) is 11.6 Å². The highest BCUT2D eigenvalue weighted by molar-refractivity contribution is 5.80. The van der Waals surface area contributed by atoms with Crippen LogP contribution in [0.2, 0.25) is 0 Å². The molecule has 1 N–H and O–H groups in total. The summed E-state index contributed by atoms with van der Waals surface area (Å²) in [5, 5.41) is 3.29. The number of benzene rings is 1. The highest BCUT2D eigenvalue weighted by atomic mass is 19.4. The van der Waals surface area contributed by atoms with Gasteiger partial charge in [-0.05, 0) is 29.7 Å². The molecule has 0 saturated carbocycles. The Morgan fingerprint density at radius 1 is 1.23 bits per heavy atom. The van der Waals surface area contributed by atoms with Gasteiger partial charge in [0.2, 0.25) is 5.88 Å². The zero-order valence-corrected chi connectivity index (χ0v) is 16.9. The molecule has 0 bridgehead atoms. The number of hydrogen-bond acceptors (Lipinski definition) is 4. The zero-order valence-electron chi connectivity index (χ0n) is 16.9. The fourth-order valence-electron chi connectivity index (χ4n) is 3.37. The summed E-state index contributed by atoms with van der Waals surface area (Å²) in [7, 11) is 3.38. The van der Waals surface area contributed by atoms with Crippen LogP contribution < -0.4 is 14.8 Å². The minimum absolute atomic E-state index is 0.0534. The van der Waals surface area contributed by atoms with Crippen molar-refractivity contribution in [1.82, 2.24) is 15.2 Å². The van der Waals surface area contributed by atoms with Crippen molar-refractivity contribution < 1.29 is 22.6 Å². The van der Waals surface area contributed by atoms with Crippen molar-refractivity contribution >= 4 is 5.96 Å². The Balaban J connectivity index is 1.51. The van der Waals surface area contributed by atoms with Gasteiger partial charge in [0.05, 0.1) is 7.11 Å². The molecule has 1 fully saturated rings. The molecule has 9 heteroatoms. The third-order valence-electron chi connectivity index (χ3n) is 4.92. The molecule has 3 rings (SSSR count). The summed E-state index contributed by atoms with van der Waals surface area (Å²) < 4.78 is 46.4. The molecule has 1 aliphatic rings. The number of ether oxygens (including phenoxy) is 2. The van der Waals surface area contributed by atoms with Crippen LogP contribution in [0.3, 0.4) is 0 Å². The summed E-state index contributed by atoms with van der Waals surface area (Å²) in [6.07, 6.45) is -1.86. The van der Waals surface area contributed by atoms with Crippen LogP contribution >= 0.6 is 0 Å². The molecular weight excluding hydrogens is 397 g/mol. The third kappa shape index (κ3) is 6.01. The topological polar surface area (TPSA) is 59.0 Å². The molecule has 2 aromatic rings. The molecule has 1 aromatic heterocycles. The second kappa shape index (κ2) is 9.69. The van der Waals surface area contributed by atoms with E-state index in [1.54, 1.807) is 20.2 Å². The lowest BCUT2D eigenvalue weighted by atomic mass is 9.98. The highest BCUT2D eigenvalue weighted by Crippen LogP contribution is 2.28. The average Bonchev–Trinajstić information content (AvgIpc) is 3.23. The predicted octanol–water partition coefficient (Wildman–Crippen LogP) is 3.60. The van der Waals surface area contributed by atoms with Crippen molar-refractivity contribution in [1.29, 1.82) is 0 Å². The largest absolute Gasteiger partial charge is 0.497 e. The second-order valence-corrected chi connectivity index (χ2v) is 7.01. The van der Waals surface area contributed by atoms with Gasteiger partial charge in [0, 0.05) is 44.9 Å². The fraction of sp³-hybridized carbons (Fsp3) is 0.429. The number of alkyl halides is 3. The number of halogens is 3. The van der Waals surface area contributed by atoms with E-state index in [0.717, 1.165) is 36.8 Å². The van der Waals surface area contributed by atoms with E-state index < -0.39 is 12.8 Å². The first-order chi connectivity index (χ1) is 14.4. The van der Waals surface area contributed by atoms with Gasteiger partial charge in [0.25, 0.3) is 0 Å². The molecule has 0 radical (unpaired) electrons. The molecule has 30 heavy (non-hydrogen) atoms. The van der Waals surface area contributed by atoms with Crippen molar-refractivity contribution in [2.45, 2.75) is 25.1 Å². The maximum Gasteiger partial charge on any atom is 0.422 e. The quantitative estimate of drug-likeness (QED) is 0.570. The van der Waals surface area contributed by atoms with Crippen molar-refractivity contribution in [2.24, 2.45) is 4.99 Å². The van der Waals surface area contributed by atoms with E-state index >= 15 is 0 Å². The molecule has 1 unspecified atom stereocenters. The van der Waals surface area contributed by atoms with Gasteiger partial charge in [-0.25, -0.2) is 4.98 Å². The highest BCUT2D eigenvalue weighted by Gasteiger charge is 2.28. The Bertz CT molecular complexity index is 839. The monoisotopic (exact) mass is 422 g/mol. The van der Waals surface area contributed by atoms with Gasteiger partial charge in [0.1, 0.15) is 5.75 Å². The van der Waals surface area contributed by atoms with E-state index in [4.69, 9.17) is 4.74 Å². The number of hydrogen-bond donors (Lipinski definition) is 1. The smallest absolute Gasteiger partial charge is 0.422 e. The van der Waals surface area contributed by atoms with E-state index in [9.17, 15) is 13.2 Å². The fourth-order valence-corrected chi connectivity index (χ4v) is 3.37. The number of aromatic nitrogens is 1. The van der Waals surface area contributed by atoms with E-state index in [0.29, 0.717) is 12.5 Å².